The van der Waals surface area contributed by atoms with Crippen molar-refractivity contribution in [2.45, 2.75) is 44.6 Å². The van der Waals surface area contributed by atoms with Gasteiger partial charge in [0.2, 0.25) is 0 Å². The van der Waals surface area contributed by atoms with Crippen LogP contribution in [-0.2, 0) is 4.79 Å². The van der Waals surface area contributed by atoms with Crippen molar-refractivity contribution in [1.82, 2.24) is 4.90 Å². The van der Waals surface area contributed by atoms with Gasteiger partial charge < -0.3 is 4.90 Å². The first kappa shape index (κ1) is 14.8. The van der Waals surface area contributed by atoms with Crippen LogP contribution in [0.1, 0.15) is 48.9 Å². The zero-order chi connectivity index (χ0) is 14.8. The Morgan fingerprint density at radius 3 is 2.71 bits per heavy atom. The molecule has 2 aliphatic rings. The highest BCUT2D eigenvalue weighted by Crippen LogP contribution is 2.33. The summed E-state index contributed by atoms with van der Waals surface area (Å²) in [4.78, 5) is 27.0. The maximum atomic E-state index is 12.8. The molecule has 2 unspecified atom stereocenters. The quantitative estimate of drug-likeness (QED) is 0.813. The molecule has 3 rings (SSSR count). The molecule has 0 bridgehead atoms. The van der Waals surface area contributed by atoms with Gasteiger partial charge in [0, 0.05) is 29.4 Å². The number of hydrogen-bond donors (Lipinski definition) is 0. The maximum absolute atomic E-state index is 12.8. The second kappa shape index (κ2) is 6.30. The SMILES string of the molecule is O=C1CCCCC1C1CCCN1C(=O)c1ccccc1Br. The molecule has 1 aromatic rings. The first-order valence-corrected chi connectivity index (χ1v) is 8.56. The zero-order valence-corrected chi connectivity index (χ0v) is 13.6. The average Bonchev–Trinajstić information content (AvgIpc) is 2.97. The molecule has 2 atom stereocenters. The number of likely N-dealkylation sites (tertiary alicyclic amines) is 1. The van der Waals surface area contributed by atoms with Crippen LogP contribution in [0.5, 0.6) is 0 Å². The summed E-state index contributed by atoms with van der Waals surface area (Å²) < 4.78 is 0.829. The van der Waals surface area contributed by atoms with Crippen LogP contribution in [-0.4, -0.2) is 29.2 Å². The minimum absolute atomic E-state index is 0.0587. The van der Waals surface area contributed by atoms with E-state index in [-0.39, 0.29) is 17.9 Å². The van der Waals surface area contributed by atoms with E-state index in [4.69, 9.17) is 0 Å². The van der Waals surface area contributed by atoms with Crippen LogP contribution in [0.25, 0.3) is 0 Å². The average molecular weight is 350 g/mol. The summed E-state index contributed by atoms with van der Waals surface area (Å²) in [6.45, 7) is 0.772. The second-order valence-electron chi connectivity index (χ2n) is 6.01. The van der Waals surface area contributed by atoms with Gasteiger partial charge in [-0.05, 0) is 53.7 Å². The minimum atomic E-state index is 0.0587. The molecule has 1 aliphatic heterocycles. The molecule has 1 saturated heterocycles. The Bertz CT molecular complexity index is 557. The fraction of sp³-hybridized carbons (Fsp3) is 0.529. The number of nitrogens with zero attached hydrogens (tertiary/aromatic N) is 1. The molecule has 3 nitrogen and oxygen atoms in total. The van der Waals surface area contributed by atoms with Crippen molar-refractivity contribution < 1.29 is 9.59 Å². The summed E-state index contributed by atoms with van der Waals surface area (Å²) in [6, 6.07) is 7.65. The van der Waals surface area contributed by atoms with E-state index >= 15 is 0 Å². The minimum Gasteiger partial charge on any atom is -0.335 e. The number of hydrogen-bond acceptors (Lipinski definition) is 2. The van der Waals surface area contributed by atoms with E-state index in [0.29, 0.717) is 17.8 Å². The van der Waals surface area contributed by atoms with Gasteiger partial charge in [-0.15, -0.1) is 0 Å². The number of Topliss-reactive ketones (excluding diaryl/α,β-unsaturated/α-hetero) is 1. The Kier molecular flexibility index (Phi) is 4.43. The van der Waals surface area contributed by atoms with Gasteiger partial charge in [0.05, 0.1) is 5.56 Å². The van der Waals surface area contributed by atoms with Crippen molar-refractivity contribution in [3.05, 3.63) is 34.3 Å². The van der Waals surface area contributed by atoms with Crippen molar-refractivity contribution in [1.29, 1.82) is 0 Å². The number of halogens is 1. The van der Waals surface area contributed by atoms with E-state index in [9.17, 15) is 9.59 Å². The fourth-order valence-corrected chi connectivity index (χ4v) is 4.12. The van der Waals surface area contributed by atoms with E-state index in [1.807, 2.05) is 29.2 Å². The monoisotopic (exact) mass is 349 g/mol. The zero-order valence-electron chi connectivity index (χ0n) is 12.1. The van der Waals surface area contributed by atoms with E-state index < -0.39 is 0 Å². The number of benzene rings is 1. The Labute approximate surface area is 133 Å². The van der Waals surface area contributed by atoms with E-state index in [1.54, 1.807) is 0 Å². The van der Waals surface area contributed by atoms with Crippen LogP contribution >= 0.6 is 15.9 Å². The molecule has 0 aromatic heterocycles. The molecule has 1 amide bonds. The Hall–Kier alpha value is -1.16. The van der Waals surface area contributed by atoms with Gasteiger partial charge in [-0.1, -0.05) is 18.6 Å². The summed E-state index contributed by atoms with van der Waals surface area (Å²) in [6.07, 6.45) is 5.74. The largest absolute Gasteiger partial charge is 0.335 e. The first-order valence-electron chi connectivity index (χ1n) is 7.76. The van der Waals surface area contributed by atoms with E-state index in [0.717, 1.165) is 43.1 Å². The van der Waals surface area contributed by atoms with Gasteiger partial charge in [0.15, 0.2) is 0 Å². The van der Waals surface area contributed by atoms with Crippen molar-refractivity contribution >= 4 is 27.6 Å². The summed E-state index contributed by atoms with van der Waals surface area (Å²) in [5.74, 6) is 0.481. The van der Waals surface area contributed by atoms with Gasteiger partial charge >= 0.3 is 0 Å². The summed E-state index contributed by atoms with van der Waals surface area (Å²) >= 11 is 3.46. The van der Waals surface area contributed by atoms with Gasteiger partial charge in [0.25, 0.3) is 5.91 Å². The number of rotatable bonds is 2. The predicted octanol–water partition coefficient (Wildman–Crippen LogP) is 3.81. The standard InChI is InChI=1S/C17H20BrNO2/c18-14-8-3-1-6-12(14)17(21)19-11-5-9-15(19)13-7-2-4-10-16(13)20/h1,3,6,8,13,15H,2,4-5,7,9-11H2. The molecule has 1 aromatic carbocycles. The first-order chi connectivity index (χ1) is 10.2. The van der Waals surface area contributed by atoms with Crippen LogP contribution in [0.15, 0.2) is 28.7 Å². The number of carbonyl (C=O) groups is 2. The predicted molar refractivity (Wildman–Crippen MR) is 85.2 cm³/mol. The van der Waals surface area contributed by atoms with Gasteiger partial charge in [-0.2, -0.15) is 0 Å². The van der Waals surface area contributed by atoms with Gasteiger partial charge in [-0.3, -0.25) is 9.59 Å². The normalized spacial score (nSPS) is 26.1. The van der Waals surface area contributed by atoms with E-state index in [1.165, 1.54) is 0 Å². The lowest BCUT2D eigenvalue weighted by molar-refractivity contribution is -0.126. The van der Waals surface area contributed by atoms with Crippen molar-refractivity contribution in [2.75, 3.05) is 6.54 Å². The molecule has 2 fully saturated rings. The molecule has 0 N–H and O–H groups in total. The van der Waals surface area contributed by atoms with Gasteiger partial charge in [0.1, 0.15) is 5.78 Å². The lowest BCUT2D eigenvalue weighted by Gasteiger charge is -2.33. The summed E-state index contributed by atoms with van der Waals surface area (Å²) in [5.41, 5.74) is 0.702. The Morgan fingerprint density at radius 1 is 1.14 bits per heavy atom. The van der Waals surface area contributed by atoms with Crippen molar-refractivity contribution in [3.8, 4) is 0 Å². The van der Waals surface area contributed by atoms with Crippen LogP contribution in [0.3, 0.4) is 0 Å². The lowest BCUT2D eigenvalue weighted by Crippen LogP contribution is -2.43. The summed E-state index contributed by atoms with van der Waals surface area (Å²) in [7, 11) is 0. The molecule has 1 heterocycles. The highest BCUT2D eigenvalue weighted by molar-refractivity contribution is 9.10. The van der Waals surface area contributed by atoms with Crippen LogP contribution in [0.4, 0.5) is 0 Å². The third-order valence-electron chi connectivity index (χ3n) is 4.73. The third kappa shape index (κ3) is 2.91. The van der Waals surface area contributed by atoms with Crippen LogP contribution in [0.2, 0.25) is 0 Å². The highest BCUT2D eigenvalue weighted by Gasteiger charge is 2.39. The molecule has 0 radical (unpaired) electrons. The molecule has 1 saturated carbocycles. The Morgan fingerprint density at radius 2 is 1.95 bits per heavy atom. The van der Waals surface area contributed by atoms with Crippen LogP contribution in [0, 0.1) is 5.92 Å². The third-order valence-corrected chi connectivity index (χ3v) is 5.42. The van der Waals surface area contributed by atoms with Crippen molar-refractivity contribution in [2.24, 2.45) is 5.92 Å². The highest BCUT2D eigenvalue weighted by atomic mass is 79.9. The maximum Gasteiger partial charge on any atom is 0.255 e. The smallest absolute Gasteiger partial charge is 0.255 e. The number of ketones is 1. The van der Waals surface area contributed by atoms with Gasteiger partial charge in [-0.25, -0.2) is 0 Å². The molecular weight excluding hydrogens is 330 g/mol. The van der Waals surface area contributed by atoms with E-state index in [2.05, 4.69) is 15.9 Å². The number of carbonyl (C=O) groups excluding carboxylic acids is 2. The molecule has 0 spiro atoms. The fourth-order valence-electron chi connectivity index (χ4n) is 3.67. The second-order valence-corrected chi connectivity index (χ2v) is 6.86. The molecular formula is C17H20BrNO2. The van der Waals surface area contributed by atoms with Crippen molar-refractivity contribution in [3.63, 3.8) is 0 Å². The van der Waals surface area contributed by atoms with Crippen LogP contribution < -0.4 is 0 Å². The molecule has 112 valence electrons. The molecule has 21 heavy (non-hydrogen) atoms. The topological polar surface area (TPSA) is 37.4 Å². The molecule has 4 heteroatoms. The summed E-state index contributed by atoms with van der Waals surface area (Å²) in [5, 5.41) is 0. The molecule has 1 aliphatic carbocycles. The number of amides is 1. The Balaban J connectivity index is 1.82. The lowest BCUT2D eigenvalue weighted by atomic mass is 9.81.